The largest absolute Gasteiger partial charge is 0.347 e. The molecule has 4 rings (SSSR count). The maximum absolute atomic E-state index is 4.65. The number of aryl methyl sites for hydroxylation is 1. The van der Waals surface area contributed by atoms with E-state index in [0.717, 1.165) is 47.7 Å². The molecule has 0 radical (unpaired) electrons. The summed E-state index contributed by atoms with van der Waals surface area (Å²) in [6, 6.07) is 2.16. The molecule has 1 N–H and O–H groups in total. The van der Waals surface area contributed by atoms with Crippen molar-refractivity contribution in [3.05, 3.63) is 41.7 Å². The SMILES string of the molecule is Cc1nc(Nc2nncs2)cc([C@@H]2CCCN2c2cnccn2)n1. The smallest absolute Gasteiger partial charge is 0.210 e. The van der Waals surface area contributed by atoms with E-state index in [1.165, 1.54) is 11.3 Å². The summed E-state index contributed by atoms with van der Waals surface area (Å²) in [5.41, 5.74) is 2.67. The first-order valence-corrected chi connectivity index (χ1v) is 8.59. The summed E-state index contributed by atoms with van der Waals surface area (Å²) in [5, 5.41) is 11.7. The van der Waals surface area contributed by atoms with Crippen LogP contribution in [0.15, 0.2) is 30.2 Å². The van der Waals surface area contributed by atoms with Crippen LogP contribution in [-0.2, 0) is 0 Å². The molecular formula is C15H16N8S. The van der Waals surface area contributed by atoms with E-state index in [-0.39, 0.29) is 6.04 Å². The van der Waals surface area contributed by atoms with Gasteiger partial charge >= 0.3 is 0 Å². The molecule has 9 heteroatoms. The molecular weight excluding hydrogens is 324 g/mol. The Morgan fingerprint density at radius 2 is 2.25 bits per heavy atom. The van der Waals surface area contributed by atoms with Crippen molar-refractivity contribution in [1.29, 1.82) is 0 Å². The van der Waals surface area contributed by atoms with Gasteiger partial charge in [0.2, 0.25) is 5.13 Å². The van der Waals surface area contributed by atoms with E-state index >= 15 is 0 Å². The molecule has 8 nitrogen and oxygen atoms in total. The van der Waals surface area contributed by atoms with Crippen LogP contribution >= 0.6 is 11.3 Å². The van der Waals surface area contributed by atoms with Crippen molar-refractivity contribution in [1.82, 2.24) is 30.1 Å². The molecule has 1 fully saturated rings. The minimum absolute atomic E-state index is 0.179. The van der Waals surface area contributed by atoms with Crippen molar-refractivity contribution in [2.45, 2.75) is 25.8 Å². The second-order valence-electron chi connectivity index (χ2n) is 5.51. The normalized spacial score (nSPS) is 17.2. The van der Waals surface area contributed by atoms with E-state index in [0.29, 0.717) is 0 Å². The molecule has 0 unspecified atom stereocenters. The molecule has 0 amide bonds. The second-order valence-corrected chi connectivity index (χ2v) is 6.34. The minimum atomic E-state index is 0.179. The molecule has 0 saturated carbocycles. The van der Waals surface area contributed by atoms with E-state index in [4.69, 9.17) is 0 Å². The van der Waals surface area contributed by atoms with Crippen LogP contribution in [0.2, 0.25) is 0 Å². The van der Waals surface area contributed by atoms with E-state index in [2.05, 4.69) is 40.3 Å². The summed E-state index contributed by atoms with van der Waals surface area (Å²) >= 11 is 1.44. The van der Waals surface area contributed by atoms with Crippen molar-refractivity contribution >= 4 is 28.1 Å². The van der Waals surface area contributed by atoms with Crippen LogP contribution in [0.25, 0.3) is 0 Å². The molecule has 1 aliphatic rings. The van der Waals surface area contributed by atoms with Crippen molar-refractivity contribution in [3.8, 4) is 0 Å². The average Bonchev–Trinajstić information content (AvgIpc) is 3.26. The van der Waals surface area contributed by atoms with E-state index in [9.17, 15) is 0 Å². The van der Waals surface area contributed by atoms with Gasteiger partial charge in [0, 0.05) is 25.0 Å². The standard InChI is InChI=1S/C15H16N8S/c1-10-19-11(7-13(20-10)21-15-22-18-9-24-15)12-3-2-6-23(12)14-8-16-4-5-17-14/h4-5,7-9,12H,2-3,6H2,1H3,(H,19,20,21,22)/t12-/m0/s1. The number of hydrogen-bond donors (Lipinski definition) is 1. The number of hydrogen-bond acceptors (Lipinski definition) is 9. The Morgan fingerprint density at radius 3 is 3.04 bits per heavy atom. The molecule has 1 aliphatic heterocycles. The minimum Gasteiger partial charge on any atom is -0.347 e. The van der Waals surface area contributed by atoms with Crippen molar-refractivity contribution in [2.75, 3.05) is 16.8 Å². The molecule has 0 bridgehead atoms. The van der Waals surface area contributed by atoms with Gasteiger partial charge in [0.05, 0.1) is 17.9 Å². The van der Waals surface area contributed by atoms with E-state index in [1.807, 2.05) is 13.0 Å². The molecule has 3 aromatic heterocycles. The zero-order valence-electron chi connectivity index (χ0n) is 13.1. The van der Waals surface area contributed by atoms with Crippen LogP contribution in [0.5, 0.6) is 0 Å². The Balaban J connectivity index is 1.64. The van der Waals surface area contributed by atoms with Gasteiger partial charge in [-0.05, 0) is 19.8 Å². The Bertz CT molecular complexity index is 808. The summed E-state index contributed by atoms with van der Waals surface area (Å²) in [7, 11) is 0. The fourth-order valence-electron chi connectivity index (χ4n) is 2.95. The van der Waals surface area contributed by atoms with E-state index in [1.54, 1.807) is 24.1 Å². The van der Waals surface area contributed by atoms with Crippen LogP contribution in [0, 0.1) is 6.92 Å². The number of aromatic nitrogens is 6. The summed E-state index contributed by atoms with van der Waals surface area (Å²) in [6.45, 7) is 2.85. The highest BCUT2D eigenvalue weighted by atomic mass is 32.1. The first-order valence-electron chi connectivity index (χ1n) is 7.71. The Kier molecular flexibility index (Phi) is 3.99. The van der Waals surface area contributed by atoms with Crippen LogP contribution in [0.3, 0.4) is 0 Å². The number of anilines is 3. The van der Waals surface area contributed by atoms with Gasteiger partial charge in [0.25, 0.3) is 0 Å². The molecule has 3 aromatic rings. The van der Waals surface area contributed by atoms with Crippen LogP contribution < -0.4 is 10.2 Å². The molecule has 1 atom stereocenters. The van der Waals surface area contributed by atoms with Gasteiger partial charge in [0.1, 0.15) is 23.0 Å². The summed E-state index contributed by atoms with van der Waals surface area (Å²) in [5.74, 6) is 2.35. The lowest BCUT2D eigenvalue weighted by Crippen LogP contribution is -2.24. The maximum atomic E-state index is 4.65. The molecule has 4 heterocycles. The van der Waals surface area contributed by atoms with Crippen molar-refractivity contribution < 1.29 is 0 Å². The van der Waals surface area contributed by atoms with Crippen molar-refractivity contribution in [3.63, 3.8) is 0 Å². The predicted octanol–water partition coefficient (Wildman–Crippen LogP) is 2.51. The highest BCUT2D eigenvalue weighted by Crippen LogP contribution is 2.34. The van der Waals surface area contributed by atoms with Gasteiger partial charge in [-0.25, -0.2) is 15.0 Å². The fourth-order valence-corrected chi connectivity index (χ4v) is 3.40. The number of rotatable bonds is 4. The van der Waals surface area contributed by atoms with E-state index < -0.39 is 0 Å². The first kappa shape index (κ1) is 14.9. The number of nitrogens with zero attached hydrogens (tertiary/aromatic N) is 7. The quantitative estimate of drug-likeness (QED) is 0.774. The van der Waals surface area contributed by atoms with Gasteiger partial charge in [-0.2, -0.15) is 0 Å². The third-order valence-corrected chi connectivity index (χ3v) is 4.50. The zero-order valence-corrected chi connectivity index (χ0v) is 13.9. The lowest BCUT2D eigenvalue weighted by Gasteiger charge is -2.25. The zero-order chi connectivity index (χ0) is 16.4. The molecule has 0 spiro atoms. The molecule has 0 aliphatic carbocycles. The lowest BCUT2D eigenvalue weighted by atomic mass is 10.1. The average molecular weight is 340 g/mol. The monoisotopic (exact) mass is 340 g/mol. The number of nitrogens with one attached hydrogen (secondary N) is 1. The third-order valence-electron chi connectivity index (χ3n) is 3.89. The molecule has 24 heavy (non-hydrogen) atoms. The lowest BCUT2D eigenvalue weighted by molar-refractivity contribution is 0.680. The Labute approximate surface area is 143 Å². The van der Waals surface area contributed by atoms with Crippen LogP contribution in [0.4, 0.5) is 16.8 Å². The van der Waals surface area contributed by atoms with Gasteiger partial charge in [-0.15, -0.1) is 10.2 Å². The van der Waals surface area contributed by atoms with Crippen LogP contribution in [-0.4, -0.2) is 36.7 Å². The molecule has 0 aromatic carbocycles. The first-order chi connectivity index (χ1) is 11.8. The Hall–Kier alpha value is -2.68. The highest BCUT2D eigenvalue weighted by Gasteiger charge is 2.29. The van der Waals surface area contributed by atoms with Gasteiger partial charge in [-0.1, -0.05) is 11.3 Å². The van der Waals surface area contributed by atoms with Crippen LogP contribution in [0.1, 0.15) is 30.4 Å². The summed E-state index contributed by atoms with van der Waals surface area (Å²) in [4.78, 5) is 20.0. The Morgan fingerprint density at radius 1 is 1.29 bits per heavy atom. The highest BCUT2D eigenvalue weighted by molar-refractivity contribution is 7.13. The maximum Gasteiger partial charge on any atom is 0.210 e. The van der Waals surface area contributed by atoms with Gasteiger partial charge in [-0.3, -0.25) is 4.98 Å². The van der Waals surface area contributed by atoms with Gasteiger partial charge in [0.15, 0.2) is 0 Å². The fraction of sp³-hybridized carbons (Fsp3) is 0.333. The summed E-state index contributed by atoms with van der Waals surface area (Å²) < 4.78 is 0. The topological polar surface area (TPSA) is 92.6 Å². The van der Waals surface area contributed by atoms with Gasteiger partial charge < -0.3 is 10.2 Å². The molecule has 122 valence electrons. The third kappa shape index (κ3) is 3.02. The summed E-state index contributed by atoms with van der Waals surface area (Å²) in [6.07, 6.45) is 7.34. The van der Waals surface area contributed by atoms with Crippen molar-refractivity contribution in [2.24, 2.45) is 0 Å². The predicted molar refractivity (Wildman–Crippen MR) is 91.3 cm³/mol. The molecule has 1 saturated heterocycles. The second kappa shape index (κ2) is 6.44.